The average Bonchev–Trinajstić information content (AvgIpc) is 3.40. The Morgan fingerprint density at radius 2 is 2.04 bits per heavy atom. The third-order valence-electron chi connectivity index (χ3n) is 4.99. The Hall–Kier alpha value is -2.03. The molecular formula is C18H17ClFN3O3S. The third-order valence-corrected chi connectivity index (χ3v) is 7.24. The topological polar surface area (TPSA) is 102 Å². The van der Waals surface area contributed by atoms with Crippen LogP contribution in [0.4, 0.5) is 4.39 Å². The summed E-state index contributed by atoms with van der Waals surface area (Å²) < 4.78 is 41.2. The minimum Gasteiger partial charge on any atom is -0.366 e. The average molecular weight is 410 g/mol. The summed E-state index contributed by atoms with van der Waals surface area (Å²) >= 11 is 5.90. The molecule has 1 saturated carbocycles. The van der Waals surface area contributed by atoms with Crippen LogP contribution < -0.4 is 10.5 Å². The molecule has 0 radical (unpaired) electrons. The Morgan fingerprint density at radius 1 is 1.30 bits per heavy atom. The van der Waals surface area contributed by atoms with Crippen molar-refractivity contribution in [3.05, 3.63) is 51.9 Å². The zero-order chi connectivity index (χ0) is 19.3. The number of hydrogen-bond donors (Lipinski definition) is 2. The van der Waals surface area contributed by atoms with E-state index < -0.39 is 27.8 Å². The second kappa shape index (κ2) is 6.54. The molecule has 3 N–H and O–H groups in total. The summed E-state index contributed by atoms with van der Waals surface area (Å²) in [6, 6.07) is 3.68. The van der Waals surface area contributed by atoms with Crippen LogP contribution in [-0.4, -0.2) is 24.6 Å². The summed E-state index contributed by atoms with van der Waals surface area (Å²) in [7, 11) is -3.44. The minimum atomic E-state index is -3.44. The molecule has 1 heterocycles. The molecule has 27 heavy (non-hydrogen) atoms. The molecule has 1 fully saturated rings. The molecule has 142 valence electrons. The number of pyridine rings is 1. The minimum absolute atomic E-state index is 0.0601. The van der Waals surface area contributed by atoms with Crippen LogP contribution in [-0.2, 0) is 16.4 Å². The van der Waals surface area contributed by atoms with Crippen LogP contribution in [0.5, 0.6) is 0 Å². The zero-order valence-corrected chi connectivity index (χ0v) is 15.8. The first-order valence-electron chi connectivity index (χ1n) is 8.56. The molecular weight excluding hydrogens is 393 g/mol. The first-order valence-corrected chi connectivity index (χ1v) is 10.5. The molecule has 1 aromatic carbocycles. The molecule has 2 aliphatic rings. The fourth-order valence-corrected chi connectivity index (χ4v) is 5.28. The molecule has 4 rings (SSSR count). The number of nitrogens with zero attached hydrogens (tertiary/aromatic N) is 1. The van der Waals surface area contributed by atoms with Gasteiger partial charge in [-0.3, -0.25) is 9.78 Å². The normalized spacial score (nSPS) is 19.1. The van der Waals surface area contributed by atoms with Crippen molar-refractivity contribution in [2.24, 2.45) is 5.73 Å². The van der Waals surface area contributed by atoms with Gasteiger partial charge in [-0.2, -0.15) is 0 Å². The maximum Gasteiger partial charge on any atom is 0.250 e. The van der Waals surface area contributed by atoms with Gasteiger partial charge in [0.2, 0.25) is 10.0 Å². The van der Waals surface area contributed by atoms with E-state index in [-0.39, 0.29) is 15.8 Å². The van der Waals surface area contributed by atoms with Gasteiger partial charge in [0.15, 0.2) is 0 Å². The van der Waals surface area contributed by atoms with Crippen molar-refractivity contribution in [2.75, 3.05) is 0 Å². The SMILES string of the molecule is NC(=O)c1cnc(-c2ccc(F)c(Cl)c2)c2c1CCC2NS(=O)(=O)C1CC1. The quantitative estimate of drug-likeness (QED) is 0.792. The molecule has 0 aliphatic heterocycles. The highest BCUT2D eigenvalue weighted by molar-refractivity contribution is 7.90. The summed E-state index contributed by atoms with van der Waals surface area (Å²) in [5.74, 6) is -1.18. The van der Waals surface area contributed by atoms with Crippen LogP contribution in [0.15, 0.2) is 24.4 Å². The Kier molecular flexibility index (Phi) is 4.44. The summed E-state index contributed by atoms with van der Waals surface area (Å²) in [5, 5.41) is -0.423. The van der Waals surface area contributed by atoms with Crippen LogP contribution in [0.1, 0.15) is 46.8 Å². The fourth-order valence-electron chi connectivity index (χ4n) is 3.52. The van der Waals surface area contributed by atoms with Gasteiger partial charge >= 0.3 is 0 Å². The number of carbonyl (C=O) groups excluding carboxylic acids is 1. The van der Waals surface area contributed by atoms with E-state index in [2.05, 4.69) is 9.71 Å². The number of aromatic nitrogens is 1. The van der Waals surface area contributed by atoms with E-state index >= 15 is 0 Å². The lowest BCUT2D eigenvalue weighted by Crippen LogP contribution is -2.30. The van der Waals surface area contributed by atoms with E-state index in [0.717, 1.165) is 0 Å². The second-order valence-electron chi connectivity index (χ2n) is 6.86. The van der Waals surface area contributed by atoms with Gasteiger partial charge in [-0.15, -0.1) is 0 Å². The molecule has 0 bridgehead atoms. The van der Waals surface area contributed by atoms with Crippen molar-refractivity contribution in [2.45, 2.75) is 37.0 Å². The molecule has 1 aromatic heterocycles. The fraction of sp³-hybridized carbons (Fsp3) is 0.333. The number of nitrogens with two attached hydrogens (primary N) is 1. The number of halogens is 2. The van der Waals surface area contributed by atoms with Gasteiger partial charge in [0.05, 0.1) is 21.5 Å². The first kappa shape index (κ1) is 18.3. The van der Waals surface area contributed by atoms with E-state index in [0.29, 0.717) is 48.1 Å². The number of fused-ring (bicyclic) bond motifs is 1. The molecule has 9 heteroatoms. The first-order chi connectivity index (χ1) is 12.8. The van der Waals surface area contributed by atoms with Crippen LogP contribution in [0.2, 0.25) is 5.02 Å². The van der Waals surface area contributed by atoms with Gasteiger partial charge in [0, 0.05) is 23.4 Å². The summed E-state index contributed by atoms with van der Waals surface area (Å²) in [4.78, 5) is 16.1. The Balaban J connectivity index is 1.84. The molecule has 2 aliphatic carbocycles. The number of amides is 1. The van der Waals surface area contributed by atoms with Gasteiger partial charge in [0.25, 0.3) is 5.91 Å². The van der Waals surface area contributed by atoms with E-state index in [1.807, 2.05) is 0 Å². The van der Waals surface area contributed by atoms with E-state index in [9.17, 15) is 17.6 Å². The smallest absolute Gasteiger partial charge is 0.250 e. The van der Waals surface area contributed by atoms with Gasteiger partial charge < -0.3 is 5.73 Å². The lowest BCUT2D eigenvalue weighted by atomic mass is 9.98. The molecule has 0 spiro atoms. The predicted molar refractivity (Wildman–Crippen MR) is 99.3 cm³/mol. The van der Waals surface area contributed by atoms with Gasteiger partial charge in [-0.1, -0.05) is 11.6 Å². The van der Waals surface area contributed by atoms with Crippen LogP contribution in [0.3, 0.4) is 0 Å². The van der Waals surface area contributed by atoms with Crippen molar-refractivity contribution in [1.82, 2.24) is 9.71 Å². The highest BCUT2D eigenvalue weighted by atomic mass is 35.5. The number of hydrogen-bond acceptors (Lipinski definition) is 4. The Bertz CT molecular complexity index is 1050. The lowest BCUT2D eigenvalue weighted by Gasteiger charge is -2.18. The van der Waals surface area contributed by atoms with Crippen molar-refractivity contribution >= 4 is 27.5 Å². The number of sulfonamides is 1. The molecule has 1 amide bonds. The monoisotopic (exact) mass is 409 g/mol. The number of benzene rings is 1. The van der Waals surface area contributed by atoms with Crippen molar-refractivity contribution in [3.63, 3.8) is 0 Å². The largest absolute Gasteiger partial charge is 0.366 e. The zero-order valence-electron chi connectivity index (χ0n) is 14.2. The van der Waals surface area contributed by atoms with Crippen LogP contribution >= 0.6 is 11.6 Å². The van der Waals surface area contributed by atoms with Crippen molar-refractivity contribution in [1.29, 1.82) is 0 Å². The summed E-state index contributed by atoms with van der Waals surface area (Å²) in [5.41, 5.74) is 8.04. The Labute approximate surface area is 161 Å². The van der Waals surface area contributed by atoms with Gasteiger partial charge in [0.1, 0.15) is 5.82 Å². The standard InChI is InChI=1S/C18H17ClFN3O3S/c19-13-7-9(1-5-14(13)20)17-16-11(12(8-22-17)18(21)24)4-6-15(16)23-27(25,26)10-2-3-10/h1,5,7-8,10,15,23H,2-4,6H2,(H2,21,24). The molecule has 0 saturated heterocycles. The summed E-state index contributed by atoms with van der Waals surface area (Å²) in [6.07, 6.45) is 3.67. The number of primary amides is 1. The highest BCUT2D eigenvalue weighted by Crippen LogP contribution is 2.41. The summed E-state index contributed by atoms with van der Waals surface area (Å²) in [6.45, 7) is 0. The molecule has 1 unspecified atom stereocenters. The van der Waals surface area contributed by atoms with Crippen molar-refractivity contribution < 1.29 is 17.6 Å². The van der Waals surface area contributed by atoms with E-state index in [1.165, 1.54) is 24.4 Å². The van der Waals surface area contributed by atoms with Crippen molar-refractivity contribution in [3.8, 4) is 11.3 Å². The third kappa shape index (κ3) is 3.33. The molecule has 1 atom stereocenters. The highest BCUT2D eigenvalue weighted by Gasteiger charge is 2.40. The lowest BCUT2D eigenvalue weighted by molar-refractivity contribution is 0.0999. The maximum atomic E-state index is 13.5. The molecule has 6 nitrogen and oxygen atoms in total. The number of rotatable bonds is 5. The predicted octanol–water partition coefficient (Wildman–Crippen LogP) is 2.71. The van der Waals surface area contributed by atoms with Gasteiger partial charge in [-0.25, -0.2) is 17.5 Å². The van der Waals surface area contributed by atoms with E-state index in [4.69, 9.17) is 17.3 Å². The van der Waals surface area contributed by atoms with E-state index in [1.54, 1.807) is 0 Å². The number of carbonyl (C=O) groups is 1. The molecule has 2 aromatic rings. The van der Waals surface area contributed by atoms with Crippen LogP contribution in [0.25, 0.3) is 11.3 Å². The number of nitrogens with one attached hydrogen (secondary N) is 1. The Morgan fingerprint density at radius 3 is 2.67 bits per heavy atom. The maximum absolute atomic E-state index is 13.5. The second-order valence-corrected chi connectivity index (χ2v) is 9.26. The van der Waals surface area contributed by atoms with Crippen LogP contribution in [0, 0.1) is 5.82 Å². The van der Waals surface area contributed by atoms with Gasteiger partial charge in [-0.05, 0) is 49.4 Å².